The van der Waals surface area contributed by atoms with Crippen molar-refractivity contribution in [3.8, 4) is 61.7 Å². The van der Waals surface area contributed by atoms with Gasteiger partial charge in [0.1, 0.15) is 11.2 Å². The molecule has 13 rings (SSSR count). The fourth-order valence-electron chi connectivity index (χ4n) is 9.52. The van der Waals surface area contributed by atoms with Gasteiger partial charge in [-0.25, -0.2) is 9.97 Å². The van der Waals surface area contributed by atoms with E-state index in [0.717, 1.165) is 71.6 Å². The van der Waals surface area contributed by atoms with Crippen molar-refractivity contribution < 1.29 is 4.42 Å². The van der Waals surface area contributed by atoms with Crippen molar-refractivity contribution in [3.63, 3.8) is 0 Å². The normalized spacial score (nSPS) is 12.1. The Hall–Kier alpha value is -7.82. The summed E-state index contributed by atoms with van der Waals surface area (Å²) in [5.74, 6) is 0.649. The summed E-state index contributed by atoms with van der Waals surface area (Å²) in [7, 11) is 0. The van der Waals surface area contributed by atoms with E-state index in [9.17, 15) is 0 Å². The average Bonchev–Trinajstić information content (AvgIpc) is 3.94. The van der Waals surface area contributed by atoms with Crippen LogP contribution in [0.4, 0.5) is 0 Å². The van der Waals surface area contributed by atoms with E-state index >= 15 is 0 Å². The molecule has 0 atom stereocenters. The summed E-state index contributed by atoms with van der Waals surface area (Å²) < 4.78 is 8.81. The fraction of sp³-hybridized carbons (Fsp3) is 0. The van der Waals surface area contributed by atoms with E-state index < -0.39 is 0 Å². The summed E-state index contributed by atoms with van der Waals surface area (Å²) in [6, 6.07) is 67.1. The van der Waals surface area contributed by atoms with Crippen molar-refractivity contribution in [1.82, 2.24) is 14.5 Å². The molecule has 3 aromatic heterocycles. The smallest absolute Gasteiger partial charge is 0.235 e. The quantitative estimate of drug-likeness (QED) is 0.181. The third-order valence-electron chi connectivity index (χ3n) is 12.2. The maximum atomic E-state index is 6.59. The standard InChI is InChI=1S/C54H31N3O/c1-2-11-32(12-3-1)33-21-23-34(24-22-33)53-41-16-6-8-19-46(41)55-54(56-53)57-47-20-9-7-15-39(47)43-29-35(25-27-48(43)57)36-26-28-49-45(30-36)52-42-18-10-17-40-37-13-4-5-14-38(37)44(51(40)42)31-50(52)58-49/h1-31H. The molecule has 0 unspecified atom stereocenters. The van der Waals surface area contributed by atoms with Crippen molar-refractivity contribution in [1.29, 1.82) is 0 Å². The number of hydrogen-bond acceptors (Lipinski definition) is 3. The van der Waals surface area contributed by atoms with Gasteiger partial charge in [-0.05, 0) is 97.7 Å². The Balaban J connectivity index is 0.972. The first-order valence-electron chi connectivity index (χ1n) is 19.7. The fourth-order valence-corrected chi connectivity index (χ4v) is 9.52. The number of rotatable bonds is 4. The lowest BCUT2D eigenvalue weighted by Crippen LogP contribution is -2.03. The van der Waals surface area contributed by atoms with Gasteiger partial charge < -0.3 is 4.42 Å². The molecule has 4 nitrogen and oxygen atoms in total. The van der Waals surface area contributed by atoms with Crippen LogP contribution >= 0.6 is 0 Å². The van der Waals surface area contributed by atoms with Crippen LogP contribution in [0.3, 0.4) is 0 Å². The van der Waals surface area contributed by atoms with Gasteiger partial charge in [0.05, 0.1) is 22.2 Å². The molecule has 0 saturated heterocycles. The maximum absolute atomic E-state index is 6.59. The summed E-state index contributed by atoms with van der Waals surface area (Å²) in [6.45, 7) is 0. The van der Waals surface area contributed by atoms with Crippen LogP contribution in [0.25, 0.3) is 127 Å². The lowest BCUT2D eigenvalue weighted by Gasteiger charge is -2.12. The van der Waals surface area contributed by atoms with E-state index in [1.54, 1.807) is 0 Å². The lowest BCUT2D eigenvalue weighted by atomic mass is 9.96. The molecule has 0 N–H and O–H groups in total. The second-order valence-electron chi connectivity index (χ2n) is 15.3. The third-order valence-corrected chi connectivity index (χ3v) is 12.2. The predicted molar refractivity (Wildman–Crippen MR) is 239 cm³/mol. The van der Waals surface area contributed by atoms with E-state index in [4.69, 9.17) is 14.4 Å². The first-order valence-corrected chi connectivity index (χ1v) is 19.7. The lowest BCUT2D eigenvalue weighted by molar-refractivity contribution is 0.669. The SMILES string of the molecule is c1ccc(-c2ccc(-c3nc(-n4c5ccccc5c5cc(-c6ccc7oc8cc9c%10c(cccc%10c8c7c6)-c6ccccc6-9)ccc54)nc4ccccc34)cc2)cc1. The molecule has 0 bridgehead atoms. The number of benzene rings is 9. The molecule has 58 heavy (non-hydrogen) atoms. The molecule has 0 fully saturated rings. The Labute approximate surface area is 332 Å². The highest BCUT2D eigenvalue weighted by atomic mass is 16.3. The van der Waals surface area contributed by atoms with E-state index in [1.165, 1.54) is 49.5 Å². The summed E-state index contributed by atoms with van der Waals surface area (Å²) in [5, 5.41) is 8.17. The Morgan fingerprint density at radius 2 is 0.966 bits per heavy atom. The van der Waals surface area contributed by atoms with Crippen molar-refractivity contribution in [2.24, 2.45) is 0 Å². The molecule has 0 amide bonds. The summed E-state index contributed by atoms with van der Waals surface area (Å²) >= 11 is 0. The molecule has 1 aliphatic rings. The average molecular weight is 738 g/mol. The highest BCUT2D eigenvalue weighted by molar-refractivity contribution is 6.28. The second kappa shape index (κ2) is 11.8. The van der Waals surface area contributed by atoms with Crippen LogP contribution in [0.2, 0.25) is 0 Å². The van der Waals surface area contributed by atoms with E-state index in [1.807, 2.05) is 12.1 Å². The van der Waals surface area contributed by atoms with Gasteiger partial charge >= 0.3 is 0 Å². The number of nitrogens with zero attached hydrogens (tertiary/aromatic N) is 3. The summed E-state index contributed by atoms with van der Waals surface area (Å²) in [5.41, 5.74) is 16.6. The number of hydrogen-bond donors (Lipinski definition) is 0. The Morgan fingerprint density at radius 1 is 0.345 bits per heavy atom. The largest absolute Gasteiger partial charge is 0.456 e. The Morgan fingerprint density at radius 3 is 1.83 bits per heavy atom. The topological polar surface area (TPSA) is 43.9 Å². The molecule has 9 aromatic carbocycles. The van der Waals surface area contributed by atoms with Gasteiger partial charge in [-0.15, -0.1) is 0 Å². The van der Waals surface area contributed by atoms with Crippen LogP contribution in [0.1, 0.15) is 0 Å². The first-order chi connectivity index (χ1) is 28.7. The minimum absolute atomic E-state index is 0.649. The zero-order valence-corrected chi connectivity index (χ0v) is 31.1. The van der Waals surface area contributed by atoms with Gasteiger partial charge in [-0.3, -0.25) is 4.57 Å². The maximum Gasteiger partial charge on any atom is 0.235 e. The molecule has 0 spiro atoms. The van der Waals surface area contributed by atoms with Crippen molar-refractivity contribution in [3.05, 3.63) is 188 Å². The zero-order chi connectivity index (χ0) is 37.9. The van der Waals surface area contributed by atoms with Crippen molar-refractivity contribution >= 4 is 65.4 Å². The van der Waals surface area contributed by atoms with Gasteiger partial charge in [0, 0.05) is 32.5 Å². The van der Waals surface area contributed by atoms with Gasteiger partial charge in [0.25, 0.3) is 0 Å². The van der Waals surface area contributed by atoms with Gasteiger partial charge in [0.2, 0.25) is 5.95 Å². The van der Waals surface area contributed by atoms with Gasteiger partial charge in [-0.1, -0.05) is 146 Å². The monoisotopic (exact) mass is 737 g/mol. The van der Waals surface area contributed by atoms with E-state index in [0.29, 0.717) is 5.95 Å². The van der Waals surface area contributed by atoms with Crippen LogP contribution in [0.15, 0.2) is 192 Å². The molecule has 1 aliphatic carbocycles. The van der Waals surface area contributed by atoms with E-state index in [2.05, 4.69) is 180 Å². The predicted octanol–water partition coefficient (Wildman–Crippen LogP) is 14.4. The zero-order valence-electron chi connectivity index (χ0n) is 31.1. The van der Waals surface area contributed by atoms with Crippen LogP contribution in [-0.4, -0.2) is 14.5 Å². The molecule has 4 heteroatoms. The first kappa shape index (κ1) is 31.4. The molecule has 268 valence electrons. The van der Waals surface area contributed by atoms with Crippen molar-refractivity contribution in [2.75, 3.05) is 0 Å². The summed E-state index contributed by atoms with van der Waals surface area (Å²) in [6.07, 6.45) is 0. The second-order valence-corrected chi connectivity index (χ2v) is 15.3. The van der Waals surface area contributed by atoms with Crippen molar-refractivity contribution in [2.45, 2.75) is 0 Å². The highest BCUT2D eigenvalue weighted by Crippen LogP contribution is 2.51. The Kier molecular flexibility index (Phi) is 6.41. The number of fused-ring (bicyclic) bond motifs is 11. The van der Waals surface area contributed by atoms with E-state index in [-0.39, 0.29) is 0 Å². The third kappa shape index (κ3) is 4.45. The molecule has 3 heterocycles. The summed E-state index contributed by atoms with van der Waals surface area (Å²) in [4.78, 5) is 10.6. The number of furan rings is 1. The highest BCUT2D eigenvalue weighted by Gasteiger charge is 2.25. The Bertz CT molecular complexity index is 3670. The van der Waals surface area contributed by atoms with Crippen LogP contribution in [0.5, 0.6) is 0 Å². The number of para-hydroxylation sites is 2. The van der Waals surface area contributed by atoms with Gasteiger partial charge in [0.15, 0.2) is 0 Å². The van der Waals surface area contributed by atoms with Crippen LogP contribution in [-0.2, 0) is 0 Å². The molecular formula is C54H31N3O. The molecular weight excluding hydrogens is 707 g/mol. The minimum atomic E-state index is 0.649. The molecule has 0 radical (unpaired) electrons. The van der Waals surface area contributed by atoms with Gasteiger partial charge in [-0.2, -0.15) is 0 Å². The molecule has 12 aromatic rings. The molecule has 0 saturated carbocycles. The minimum Gasteiger partial charge on any atom is -0.456 e. The van der Waals surface area contributed by atoms with Crippen LogP contribution in [0, 0.1) is 0 Å². The molecule has 0 aliphatic heterocycles. The number of aromatic nitrogens is 3. The van der Waals surface area contributed by atoms with Crippen LogP contribution < -0.4 is 0 Å².